The predicted octanol–water partition coefficient (Wildman–Crippen LogP) is 1.43. The lowest BCUT2D eigenvalue weighted by atomic mass is 10.3. The van der Waals surface area contributed by atoms with Gasteiger partial charge in [0.1, 0.15) is 5.69 Å². The Balaban J connectivity index is 3.08. The number of H-pyrrole nitrogens is 1. The first-order chi connectivity index (χ1) is 6.02. The maximum Gasteiger partial charge on any atom is 0.354 e. The highest BCUT2D eigenvalue weighted by Gasteiger charge is 2.15. The predicted molar refractivity (Wildman–Crippen MR) is 49.8 cm³/mol. The van der Waals surface area contributed by atoms with Gasteiger partial charge in [0.15, 0.2) is 0 Å². The van der Waals surface area contributed by atoms with Crippen LogP contribution in [0.1, 0.15) is 17.4 Å². The highest BCUT2D eigenvalue weighted by Crippen LogP contribution is 2.25. The number of halogens is 1. The van der Waals surface area contributed by atoms with E-state index in [1.807, 2.05) is 0 Å². The lowest BCUT2D eigenvalue weighted by Crippen LogP contribution is -2.10. The van der Waals surface area contributed by atoms with Crippen LogP contribution in [0, 0.1) is 0 Å². The summed E-state index contributed by atoms with van der Waals surface area (Å²) in [6, 6.07) is 0. The summed E-state index contributed by atoms with van der Waals surface area (Å²) >= 11 is 3.10. The molecule has 1 amide bonds. The van der Waals surface area contributed by atoms with Crippen LogP contribution >= 0.6 is 15.9 Å². The zero-order chi connectivity index (χ0) is 10.0. The lowest BCUT2D eigenvalue weighted by molar-refractivity contribution is -0.114. The normalized spacial score (nSPS) is 9.69. The number of rotatable bonds is 2. The first-order valence-electron chi connectivity index (χ1n) is 3.40. The van der Waals surface area contributed by atoms with Gasteiger partial charge < -0.3 is 15.4 Å². The fourth-order valence-electron chi connectivity index (χ4n) is 0.866. The third-order valence-electron chi connectivity index (χ3n) is 1.35. The van der Waals surface area contributed by atoms with Crippen molar-refractivity contribution in [3.63, 3.8) is 0 Å². The van der Waals surface area contributed by atoms with Crippen molar-refractivity contribution in [2.75, 3.05) is 5.32 Å². The Morgan fingerprint density at radius 3 is 2.69 bits per heavy atom. The molecule has 0 aliphatic carbocycles. The average Bonchev–Trinajstić information content (AvgIpc) is 2.32. The topological polar surface area (TPSA) is 82.2 Å². The number of nitrogens with one attached hydrogen (secondary N) is 2. The summed E-state index contributed by atoms with van der Waals surface area (Å²) in [7, 11) is 0. The molecule has 0 unspecified atom stereocenters. The van der Waals surface area contributed by atoms with E-state index in [4.69, 9.17) is 5.11 Å². The van der Waals surface area contributed by atoms with E-state index in [-0.39, 0.29) is 17.3 Å². The van der Waals surface area contributed by atoms with Crippen molar-refractivity contribution < 1.29 is 14.7 Å². The fraction of sp³-hybridized carbons (Fsp3) is 0.143. The SMILES string of the molecule is CC(=O)Nc1c(Br)c[nH]c1C(=O)O. The number of amides is 1. The van der Waals surface area contributed by atoms with Crippen molar-refractivity contribution in [1.29, 1.82) is 0 Å². The molecule has 1 aromatic rings. The van der Waals surface area contributed by atoms with Crippen molar-refractivity contribution in [2.24, 2.45) is 0 Å². The average molecular weight is 247 g/mol. The minimum Gasteiger partial charge on any atom is -0.477 e. The molecule has 0 fully saturated rings. The van der Waals surface area contributed by atoms with Gasteiger partial charge in [-0.25, -0.2) is 4.79 Å². The van der Waals surface area contributed by atoms with Gasteiger partial charge in [0, 0.05) is 13.1 Å². The third-order valence-corrected chi connectivity index (χ3v) is 1.97. The van der Waals surface area contributed by atoms with Crippen molar-refractivity contribution in [2.45, 2.75) is 6.92 Å². The van der Waals surface area contributed by atoms with Crippen molar-refractivity contribution in [1.82, 2.24) is 4.98 Å². The van der Waals surface area contributed by atoms with Crippen LogP contribution in [0.5, 0.6) is 0 Å². The van der Waals surface area contributed by atoms with Crippen LogP contribution in [-0.4, -0.2) is 22.0 Å². The minimum atomic E-state index is -1.12. The Bertz CT molecular complexity index is 359. The first-order valence-corrected chi connectivity index (χ1v) is 4.19. The molecule has 1 aromatic heterocycles. The van der Waals surface area contributed by atoms with E-state index in [1.54, 1.807) is 0 Å². The number of carbonyl (C=O) groups excluding carboxylic acids is 1. The molecular formula is C7H7BrN2O3. The van der Waals surface area contributed by atoms with Crippen LogP contribution in [0.3, 0.4) is 0 Å². The summed E-state index contributed by atoms with van der Waals surface area (Å²) in [5.74, 6) is -1.43. The van der Waals surface area contributed by atoms with Gasteiger partial charge in [-0.05, 0) is 15.9 Å². The number of anilines is 1. The van der Waals surface area contributed by atoms with Crippen LogP contribution in [0.25, 0.3) is 0 Å². The smallest absolute Gasteiger partial charge is 0.354 e. The summed E-state index contributed by atoms with van der Waals surface area (Å²) in [6.07, 6.45) is 1.45. The number of hydrogen-bond acceptors (Lipinski definition) is 2. The fourth-order valence-corrected chi connectivity index (χ4v) is 1.28. The van der Waals surface area contributed by atoms with Gasteiger partial charge in [0.2, 0.25) is 5.91 Å². The molecule has 13 heavy (non-hydrogen) atoms. The highest BCUT2D eigenvalue weighted by molar-refractivity contribution is 9.10. The van der Waals surface area contributed by atoms with Gasteiger partial charge >= 0.3 is 5.97 Å². The van der Waals surface area contributed by atoms with Gasteiger partial charge in [-0.1, -0.05) is 0 Å². The summed E-state index contributed by atoms with van der Waals surface area (Å²) in [6.45, 7) is 1.31. The molecule has 6 heteroatoms. The number of carbonyl (C=O) groups is 2. The van der Waals surface area contributed by atoms with Gasteiger partial charge in [-0.2, -0.15) is 0 Å². The Kier molecular flexibility index (Phi) is 2.72. The number of aromatic nitrogens is 1. The van der Waals surface area contributed by atoms with E-state index in [1.165, 1.54) is 13.1 Å². The monoisotopic (exact) mass is 246 g/mol. The van der Waals surface area contributed by atoms with Crippen molar-refractivity contribution in [3.8, 4) is 0 Å². The van der Waals surface area contributed by atoms with Crippen LogP contribution < -0.4 is 5.32 Å². The van der Waals surface area contributed by atoms with Gasteiger partial charge in [0.25, 0.3) is 0 Å². The summed E-state index contributed by atoms with van der Waals surface area (Å²) in [5, 5.41) is 11.1. The Hall–Kier alpha value is -1.30. The summed E-state index contributed by atoms with van der Waals surface area (Å²) in [5.41, 5.74) is 0.210. The highest BCUT2D eigenvalue weighted by atomic mass is 79.9. The summed E-state index contributed by atoms with van der Waals surface area (Å²) < 4.78 is 0.514. The van der Waals surface area contributed by atoms with Gasteiger partial charge in [-0.15, -0.1) is 0 Å². The quantitative estimate of drug-likeness (QED) is 0.739. The van der Waals surface area contributed by atoms with Crippen LogP contribution in [-0.2, 0) is 4.79 Å². The second-order valence-electron chi connectivity index (χ2n) is 2.37. The number of aromatic amines is 1. The second-order valence-corrected chi connectivity index (χ2v) is 3.23. The molecule has 0 bridgehead atoms. The first kappa shape index (κ1) is 9.79. The van der Waals surface area contributed by atoms with Crippen molar-refractivity contribution >= 4 is 33.5 Å². The van der Waals surface area contributed by atoms with E-state index in [2.05, 4.69) is 26.2 Å². The largest absolute Gasteiger partial charge is 0.477 e. The molecule has 1 rings (SSSR count). The van der Waals surface area contributed by atoms with Crippen molar-refractivity contribution in [3.05, 3.63) is 16.4 Å². The lowest BCUT2D eigenvalue weighted by Gasteiger charge is -2.00. The maximum atomic E-state index is 10.7. The molecule has 3 N–H and O–H groups in total. The molecule has 0 radical (unpaired) electrons. The molecule has 0 aliphatic rings. The summed E-state index contributed by atoms with van der Waals surface area (Å²) in [4.78, 5) is 23.8. The number of hydrogen-bond donors (Lipinski definition) is 3. The van der Waals surface area contributed by atoms with Crippen LogP contribution in [0.15, 0.2) is 10.7 Å². The molecular weight excluding hydrogens is 240 g/mol. The Labute approximate surface area is 82.3 Å². The Morgan fingerprint density at radius 1 is 1.62 bits per heavy atom. The molecule has 0 aliphatic heterocycles. The van der Waals surface area contributed by atoms with Crippen LogP contribution in [0.2, 0.25) is 0 Å². The minimum absolute atomic E-state index is 0.0397. The molecule has 0 spiro atoms. The number of aromatic carboxylic acids is 1. The zero-order valence-electron chi connectivity index (χ0n) is 6.72. The van der Waals surface area contributed by atoms with E-state index in [9.17, 15) is 9.59 Å². The van der Waals surface area contributed by atoms with E-state index in [0.717, 1.165) is 0 Å². The van der Waals surface area contributed by atoms with E-state index < -0.39 is 5.97 Å². The van der Waals surface area contributed by atoms with E-state index >= 15 is 0 Å². The van der Waals surface area contributed by atoms with Crippen LogP contribution in [0.4, 0.5) is 5.69 Å². The van der Waals surface area contributed by atoms with Gasteiger partial charge in [0.05, 0.1) is 10.2 Å². The molecule has 0 saturated heterocycles. The second kappa shape index (κ2) is 3.61. The maximum absolute atomic E-state index is 10.7. The number of carboxylic acids is 1. The molecule has 5 nitrogen and oxygen atoms in total. The molecule has 0 atom stereocenters. The van der Waals surface area contributed by atoms with E-state index in [0.29, 0.717) is 4.47 Å². The molecule has 70 valence electrons. The molecule has 0 aromatic carbocycles. The standard InChI is InChI=1S/C7H7BrN2O3/c1-3(11)10-5-4(8)2-9-6(5)7(12)13/h2,9H,1H3,(H,10,11)(H,12,13). The molecule has 1 heterocycles. The van der Waals surface area contributed by atoms with Gasteiger partial charge in [-0.3, -0.25) is 4.79 Å². The zero-order valence-corrected chi connectivity index (χ0v) is 8.31. The molecule has 0 saturated carbocycles. The Morgan fingerprint density at radius 2 is 2.23 bits per heavy atom. The number of carboxylic acid groups (broad SMARTS) is 1. The third kappa shape index (κ3) is 2.09.